The van der Waals surface area contributed by atoms with Crippen molar-refractivity contribution in [2.24, 2.45) is 0 Å². The number of nitrogens with zero attached hydrogens (tertiary/aromatic N) is 1. The molecule has 1 amide bonds. The second-order valence-corrected chi connectivity index (χ2v) is 6.79. The van der Waals surface area contributed by atoms with E-state index in [-0.39, 0.29) is 11.6 Å². The SMILES string of the molecule is Nc1ccc(F)c(NC(=O)CCCN2CCc3sccc3C2)c1. The zero-order valence-corrected chi connectivity index (χ0v) is 13.7. The van der Waals surface area contributed by atoms with Crippen molar-refractivity contribution in [1.82, 2.24) is 4.90 Å². The van der Waals surface area contributed by atoms with Gasteiger partial charge in [0, 0.05) is 30.1 Å². The number of amides is 1. The number of halogens is 1. The van der Waals surface area contributed by atoms with E-state index in [9.17, 15) is 9.18 Å². The van der Waals surface area contributed by atoms with Gasteiger partial charge in [-0.15, -0.1) is 11.3 Å². The lowest BCUT2D eigenvalue weighted by molar-refractivity contribution is -0.116. The highest BCUT2D eigenvalue weighted by Gasteiger charge is 2.17. The van der Waals surface area contributed by atoms with Crippen molar-refractivity contribution in [2.75, 3.05) is 24.1 Å². The van der Waals surface area contributed by atoms with Crippen molar-refractivity contribution in [1.29, 1.82) is 0 Å². The molecule has 0 radical (unpaired) electrons. The number of carbonyl (C=O) groups excluding carboxylic acids is 1. The lowest BCUT2D eigenvalue weighted by Gasteiger charge is -2.26. The lowest BCUT2D eigenvalue weighted by Crippen LogP contribution is -2.31. The van der Waals surface area contributed by atoms with Gasteiger partial charge in [0.1, 0.15) is 5.82 Å². The molecule has 0 saturated heterocycles. The number of thiophene rings is 1. The Kier molecular flexibility index (Phi) is 4.93. The van der Waals surface area contributed by atoms with Crippen LogP contribution >= 0.6 is 11.3 Å². The van der Waals surface area contributed by atoms with Gasteiger partial charge in [-0.2, -0.15) is 0 Å². The normalized spacial score (nSPS) is 14.5. The van der Waals surface area contributed by atoms with Crippen LogP contribution in [-0.4, -0.2) is 23.9 Å². The van der Waals surface area contributed by atoms with Crippen molar-refractivity contribution in [3.8, 4) is 0 Å². The van der Waals surface area contributed by atoms with Crippen molar-refractivity contribution in [2.45, 2.75) is 25.8 Å². The van der Waals surface area contributed by atoms with Crippen LogP contribution in [0.5, 0.6) is 0 Å². The van der Waals surface area contributed by atoms with E-state index < -0.39 is 5.82 Å². The van der Waals surface area contributed by atoms with E-state index in [1.165, 1.54) is 28.6 Å². The number of fused-ring (bicyclic) bond motifs is 1. The van der Waals surface area contributed by atoms with Crippen LogP contribution in [0, 0.1) is 5.82 Å². The van der Waals surface area contributed by atoms with Crippen LogP contribution in [0.3, 0.4) is 0 Å². The molecule has 1 aliphatic heterocycles. The average molecular weight is 333 g/mol. The fraction of sp³-hybridized carbons (Fsp3) is 0.353. The third kappa shape index (κ3) is 4.09. The number of hydrogen-bond donors (Lipinski definition) is 2. The van der Waals surface area contributed by atoms with Crippen LogP contribution < -0.4 is 11.1 Å². The summed E-state index contributed by atoms with van der Waals surface area (Å²) in [5.74, 6) is -0.642. The summed E-state index contributed by atoms with van der Waals surface area (Å²) in [6.45, 7) is 2.88. The highest BCUT2D eigenvalue weighted by atomic mass is 32.1. The van der Waals surface area contributed by atoms with Gasteiger partial charge in [0.15, 0.2) is 0 Å². The Morgan fingerprint density at radius 3 is 3.13 bits per heavy atom. The number of benzene rings is 1. The number of rotatable bonds is 5. The van der Waals surface area contributed by atoms with Crippen LogP contribution in [0.4, 0.5) is 15.8 Å². The van der Waals surface area contributed by atoms with Crippen molar-refractivity contribution < 1.29 is 9.18 Å². The minimum Gasteiger partial charge on any atom is -0.399 e. The predicted octanol–water partition coefficient (Wildman–Crippen LogP) is 3.25. The van der Waals surface area contributed by atoms with Crippen LogP contribution in [-0.2, 0) is 17.8 Å². The Morgan fingerprint density at radius 1 is 1.39 bits per heavy atom. The molecule has 0 spiro atoms. The first-order valence-electron chi connectivity index (χ1n) is 7.74. The molecule has 0 atom stereocenters. The van der Waals surface area contributed by atoms with E-state index in [4.69, 9.17) is 5.73 Å². The maximum atomic E-state index is 13.6. The molecule has 1 aliphatic rings. The monoisotopic (exact) mass is 333 g/mol. The molecule has 0 saturated carbocycles. The van der Waals surface area contributed by atoms with Gasteiger partial charge in [0.05, 0.1) is 5.69 Å². The number of anilines is 2. The first kappa shape index (κ1) is 16.0. The summed E-state index contributed by atoms with van der Waals surface area (Å²) in [6.07, 6.45) is 2.23. The zero-order valence-electron chi connectivity index (χ0n) is 12.8. The van der Waals surface area contributed by atoms with Crippen LogP contribution in [0.25, 0.3) is 0 Å². The summed E-state index contributed by atoms with van der Waals surface area (Å²) in [7, 11) is 0. The number of nitrogens with one attached hydrogen (secondary N) is 1. The topological polar surface area (TPSA) is 58.4 Å². The van der Waals surface area contributed by atoms with E-state index in [0.717, 1.165) is 32.5 Å². The largest absolute Gasteiger partial charge is 0.399 e. The average Bonchev–Trinajstić information content (AvgIpc) is 2.98. The fourth-order valence-electron chi connectivity index (χ4n) is 2.81. The predicted molar refractivity (Wildman–Crippen MR) is 92.0 cm³/mol. The molecule has 0 fully saturated rings. The standard InChI is InChI=1S/C17H20FN3OS/c18-14-4-3-13(19)10-15(14)20-17(22)2-1-7-21-8-5-16-12(11-21)6-9-23-16/h3-4,6,9-10H,1-2,5,7-8,11,19H2,(H,20,22). The smallest absolute Gasteiger partial charge is 0.224 e. The molecule has 1 aromatic carbocycles. The molecule has 0 bridgehead atoms. The second-order valence-electron chi connectivity index (χ2n) is 5.79. The first-order chi connectivity index (χ1) is 11.1. The van der Waals surface area contributed by atoms with Gasteiger partial charge in [-0.1, -0.05) is 0 Å². The minimum absolute atomic E-state index is 0.149. The van der Waals surface area contributed by atoms with E-state index >= 15 is 0 Å². The molecule has 3 rings (SSSR count). The Hall–Kier alpha value is -1.92. The summed E-state index contributed by atoms with van der Waals surface area (Å²) in [5, 5.41) is 4.73. The number of nitrogen functional groups attached to an aromatic ring is 1. The minimum atomic E-state index is -0.464. The van der Waals surface area contributed by atoms with Gasteiger partial charge in [-0.25, -0.2) is 4.39 Å². The van der Waals surface area contributed by atoms with E-state index in [1.54, 1.807) is 0 Å². The molecule has 23 heavy (non-hydrogen) atoms. The molecule has 0 aliphatic carbocycles. The van der Waals surface area contributed by atoms with E-state index in [2.05, 4.69) is 21.7 Å². The Bertz CT molecular complexity index is 701. The van der Waals surface area contributed by atoms with Crippen LogP contribution in [0.2, 0.25) is 0 Å². The maximum Gasteiger partial charge on any atom is 0.224 e. The van der Waals surface area contributed by atoms with E-state index in [1.807, 2.05) is 11.3 Å². The summed E-state index contributed by atoms with van der Waals surface area (Å²) in [5.41, 5.74) is 7.60. The zero-order chi connectivity index (χ0) is 16.2. The first-order valence-corrected chi connectivity index (χ1v) is 8.62. The lowest BCUT2D eigenvalue weighted by atomic mass is 10.1. The molecule has 2 heterocycles. The van der Waals surface area contributed by atoms with E-state index in [0.29, 0.717) is 12.1 Å². The highest BCUT2D eigenvalue weighted by Crippen LogP contribution is 2.24. The Morgan fingerprint density at radius 2 is 2.26 bits per heavy atom. The molecule has 122 valence electrons. The fourth-order valence-corrected chi connectivity index (χ4v) is 3.70. The quantitative estimate of drug-likeness (QED) is 0.826. The molecule has 4 nitrogen and oxygen atoms in total. The van der Waals surface area contributed by atoms with Crippen molar-refractivity contribution in [3.63, 3.8) is 0 Å². The van der Waals surface area contributed by atoms with Gasteiger partial charge in [0.25, 0.3) is 0 Å². The summed E-state index contributed by atoms with van der Waals surface area (Å²) >= 11 is 1.82. The molecular weight excluding hydrogens is 313 g/mol. The maximum absolute atomic E-state index is 13.6. The number of nitrogens with two attached hydrogens (primary N) is 1. The van der Waals surface area contributed by atoms with Gasteiger partial charge >= 0.3 is 0 Å². The second kappa shape index (κ2) is 7.10. The molecule has 3 N–H and O–H groups in total. The number of hydrogen-bond acceptors (Lipinski definition) is 4. The van der Waals surface area contributed by atoms with Gasteiger partial charge in [0.2, 0.25) is 5.91 Å². The summed E-state index contributed by atoms with van der Waals surface area (Å²) in [6, 6.07) is 6.36. The van der Waals surface area contributed by atoms with Crippen molar-refractivity contribution in [3.05, 3.63) is 45.9 Å². The van der Waals surface area contributed by atoms with Crippen molar-refractivity contribution >= 4 is 28.6 Å². The Labute approximate surface area is 139 Å². The molecule has 1 aromatic heterocycles. The number of carbonyl (C=O) groups is 1. The molecule has 0 unspecified atom stereocenters. The third-order valence-corrected chi connectivity index (χ3v) is 5.05. The summed E-state index contributed by atoms with van der Waals surface area (Å²) < 4.78 is 13.6. The highest BCUT2D eigenvalue weighted by molar-refractivity contribution is 7.10. The van der Waals surface area contributed by atoms with Gasteiger partial charge in [-0.05, 0) is 54.6 Å². The molecule has 6 heteroatoms. The van der Waals surface area contributed by atoms with Crippen LogP contribution in [0.1, 0.15) is 23.3 Å². The molecular formula is C17H20FN3OS. The van der Waals surface area contributed by atoms with Gasteiger partial charge in [-0.3, -0.25) is 9.69 Å². The third-order valence-electron chi connectivity index (χ3n) is 4.03. The Balaban J connectivity index is 1.44. The van der Waals surface area contributed by atoms with Gasteiger partial charge < -0.3 is 11.1 Å². The van der Waals surface area contributed by atoms with Crippen LogP contribution in [0.15, 0.2) is 29.6 Å². The summed E-state index contributed by atoms with van der Waals surface area (Å²) in [4.78, 5) is 15.8. The molecule has 2 aromatic rings.